The van der Waals surface area contributed by atoms with E-state index >= 15 is 0 Å². The van der Waals surface area contributed by atoms with Crippen molar-refractivity contribution in [3.63, 3.8) is 0 Å². The van der Waals surface area contributed by atoms with Gasteiger partial charge in [0.15, 0.2) is 0 Å². The number of nitrogens with one attached hydrogen (secondary N) is 1. The van der Waals surface area contributed by atoms with Gasteiger partial charge < -0.3 is 15.2 Å². The van der Waals surface area contributed by atoms with Crippen LogP contribution < -0.4 is 5.32 Å². The van der Waals surface area contributed by atoms with Gasteiger partial charge in [-0.3, -0.25) is 4.79 Å². The molecule has 0 aromatic heterocycles. The fourth-order valence-corrected chi connectivity index (χ4v) is 4.22. The predicted molar refractivity (Wildman–Crippen MR) is 79.9 cm³/mol. The summed E-state index contributed by atoms with van der Waals surface area (Å²) in [5.74, 6) is -1.73. The van der Waals surface area contributed by atoms with Crippen LogP contribution in [0.5, 0.6) is 0 Å². The first-order valence-electron chi connectivity index (χ1n) is 7.35. The van der Waals surface area contributed by atoms with Crippen LogP contribution in [-0.2, 0) is 24.3 Å². The third-order valence-corrected chi connectivity index (χ3v) is 5.63. The molecule has 128 valence electrons. The van der Waals surface area contributed by atoms with Gasteiger partial charge in [0.05, 0.1) is 5.75 Å². The minimum Gasteiger partial charge on any atom is -0.480 e. The minimum atomic E-state index is -3.48. The van der Waals surface area contributed by atoms with Gasteiger partial charge in [0.2, 0.25) is 15.9 Å². The fraction of sp³-hybridized carbons (Fsp3) is 0.846. The molecular weight excluding hydrogens is 312 g/mol. The maximum atomic E-state index is 12.3. The third kappa shape index (κ3) is 4.92. The van der Waals surface area contributed by atoms with Crippen molar-refractivity contribution in [1.82, 2.24) is 9.62 Å². The Morgan fingerprint density at radius 2 is 2.14 bits per heavy atom. The topological polar surface area (TPSA) is 113 Å². The van der Waals surface area contributed by atoms with Crippen molar-refractivity contribution in [2.45, 2.75) is 44.7 Å². The van der Waals surface area contributed by atoms with Gasteiger partial charge >= 0.3 is 5.97 Å². The highest BCUT2D eigenvalue weighted by molar-refractivity contribution is 7.89. The Kier molecular flexibility index (Phi) is 7.24. The first kappa shape index (κ1) is 18.9. The van der Waals surface area contributed by atoms with E-state index in [4.69, 9.17) is 9.84 Å². The maximum Gasteiger partial charge on any atom is 0.326 e. The zero-order valence-corrected chi connectivity index (χ0v) is 13.8. The Balaban J connectivity index is 2.76. The molecule has 0 aromatic rings. The number of methoxy groups -OCH3 is 1. The van der Waals surface area contributed by atoms with Crippen LogP contribution in [0.2, 0.25) is 0 Å². The van der Waals surface area contributed by atoms with Gasteiger partial charge in [-0.2, -0.15) is 4.31 Å². The summed E-state index contributed by atoms with van der Waals surface area (Å²) in [7, 11) is -2.04. The number of hydrogen-bond donors (Lipinski definition) is 2. The summed E-state index contributed by atoms with van der Waals surface area (Å²) >= 11 is 0. The first-order chi connectivity index (χ1) is 10.3. The summed E-state index contributed by atoms with van der Waals surface area (Å²) in [6.45, 7) is 2.25. The van der Waals surface area contributed by atoms with Gasteiger partial charge in [-0.1, -0.05) is 6.92 Å². The Morgan fingerprint density at radius 1 is 1.45 bits per heavy atom. The number of carbonyl (C=O) groups is 2. The summed E-state index contributed by atoms with van der Waals surface area (Å²) in [6.07, 6.45) is 1.60. The molecule has 0 spiro atoms. The van der Waals surface area contributed by atoms with Gasteiger partial charge in [0.25, 0.3) is 0 Å². The van der Waals surface area contributed by atoms with Crippen molar-refractivity contribution in [3.05, 3.63) is 0 Å². The molecule has 1 amide bonds. The van der Waals surface area contributed by atoms with Crippen LogP contribution in [0.1, 0.15) is 32.6 Å². The number of rotatable bonds is 9. The van der Waals surface area contributed by atoms with E-state index in [2.05, 4.69) is 5.32 Å². The lowest BCUT2D eigenvalue weighted by atomic mass is 10.1. The van der Waals surface area contributed by atoms with Crippen molar-refractivity contribution < 1.29 is 27.9 Å². The normalized spacial score (nSPS) is 20.7. The molecule has 2 unspecified atom stereocenters. The summed E-state index contributed by atoms with van der Waals surface area (Å²) in [5.41, 5.74) is 0. The molecule has 1 heterocycles. The first-order valence-corrected chi connectivity index (χ1v) is 8.96. The average Bonchev–Trinajstić information content (AvgIpc) is 2.93. The zero-order chi connectivity index (χ0) is 16.8. The predicted octanol–water partition coefficient (Wildman–Crippen LogP) is -0.203. The number of hydrogen-bond acceptors (Lipinski definition) is 5. The Bertz CT molecular complexity index is 493. The molecule has 2 atom stereocenters. The van der Waals surface area contributed by atoms with Crippen LogP contribution in [0.3, 0.4) is 0 Å². The number of sulfonamides is 1. The van der Waals surface area contributed by atoms with Crippen molar-refractivity contribution in [3.8, 4) is 0 Å². The second-order valence-corrected chi connectivity index (χ2v) is 7.31. The highest BCUT2D eigenvalue weighted by Gasteiger charge is 2.39. The van der Waals surface area contributed by atoms with Gasteiger partial charge in [0, 0.05) is 26.7 Å². The van der Waals surface area contributed by atoms with E-state index in [0.29, 0.717) is 25.8 Å². The zero-order valence-electron chi connectivity index (χ0n) is 12.9. The Hall–Kier alpha value is -1.19. The average molecular weight is 336 g/mol. The summed E-state index contributed by atoms with van der Waals surface area (Å²) < 4.78 is 30.3. The highest BCUT2D eigenvalue weighted by Crippen LogP contribution is 2.22. The molecule has 1 saturated heterocycles. The molecule has 9 heteroatoms. The van der Waals surface area contributed by atoms with Crippen molar-refractivity contribution in [1.29, 1.82) is 0 Å². The SMILES string of the molecule is CCCS(=O)(=O)N1CCCC1C(=O)NC(CCOC)C(=O)O. The van der Waals surface area contributed by atoms with E-state index in [1.807, 2.05) is 0 Å². The molecule has 8 nitrogen and oxygen atoms in total. The number of nitrogens with zero attached hydrogens (tertiary/aromatic N) is 1. The number of aliphatic carboxylic acids is 1. The summed E-state index contributed by atoms with van der Waals surface area (Å²) in [6, 6.07) is -1.90. The molecular formula is C13H24N2O6S. The molecule has 1 aliphatic heterocycles. The molecule has 22 heavy (non-hydrogen) atoms. The van der Waals surface area contributed by atoms with Crippen LogP contribution >= 0.6 is 0 Å². The fourth-order valence-electron chi connectivity index (χ4n) is 2.47. The van der Waals surface area contributed by atoms with E-state index in [9.17, 15) is 18.0 Å². The lowest BCUT2D eigenvalue weighted by Crippen LogP contribution is -2.51. The van der Waals surface area contributed by atoms with Crippen LogP contribution in [-0.4, -0.2) is 67.8 Å². The van der Waals surface area contributed by atoms with Gasteiger partial charge in [0.1, 0.15) is 12.1 Å². The molecule has 2 N–H and O–H groups in total. The smallest absolute Gasteiger partial charge is 0.326 e. The van der Waals surface area contributed by atoms with Crippen molar-refractivity contribution in [2.75, 3.05) is 26.0 Å². The molecule has 0 bridgehead atoms. The van der Waals surface area contributed by atoms with Gasteiger partial charge in [-0.05, 0) is 19.3 Å². The highest BCUT2D eigenvalue weighted by atomic mass is 32.2. The van der Waals surface area contributed by atoms with Crippen LogP contribution in [0, 0.1) is 0 Å². The number of carbonyl (C=O) groups excluding carboxylic acids is 1. The van der Waals surface area contributed by atoms with Crippen molar-refractivity contribution in [2.24, 2.45) is 0 Å². The molecule has 0 radical (unpaired) electrons. The molecule has 0 saturated carbocycles. The largest absolute Gasteiger partial charge is 0.480 e. The van der Waals surface area contributed by atoms with Gasteiger partial charge in [-0.25, -0.2) is 13.2 Å². The molecule has 1 rings (SSSR count). The lowest BCUT2D eigenvalue weighted by molar-refractivity contribution is -0.142. The van der Waals surface area contributed by atoms with Crippen LogP contribution in [0.25, 0.3) is 0 Å². The van der Waals surface area contributed by atoms with Crippen LogP contribution in [0.15, 0.2) is 0 Å². The minimum absolute atomic E-state index is 0.0111. The third-order valence-electron chi connectivity index (χ3n) is 3.55. The standard InChI is InChI=1S/C13H24N2O6S/c1-3-9-22(19,20)15-7-4-5-11(15)12(16)14-10(13(17)18)6-8-21-2/h10-11H,3-9H2,1-2H3,(H,14,16)(H,17,18). The summed E-state index contributed by atoms with van der Waals surface area (Å²) in [5, 5.41) is 11.5. The van der Waals surface area contributed by atoms with E-state index in [-0.39, 0.29) is 18.8 Å². The van der Waals surface area contributed by atoms with E-state index in [0.717, 1.165) is 0 Å². The molecule has 0 aliphatic carbocycles. The van der Waals surface area contributed by atoms with Gasteiger partial charge in [-0.15, -0.1) is 0 Å². The van der Waals surface area contributed by atoms with E-state index in [1.165, 1.54) is 11.4 Å². The van der Waals surface area contributed by atoms with Crippen molar-refractivity contribution >= 4 is 21.9 Å². The number of carboxylic acids is 1. The number of amides is 1. The second kappa shape index (κ2) is 8.44. The second-order valence-electron chi connectivity index (χ2n) is 5.27. The number of carboxylic acid groups (broad SMARTS) is 1. The summed E-state index contributed by atoms with van der Waals surface area (Å²) in [4.78, 5) is 23.4. The molecule has 1 fully saturated rings. The molecule has 0 aromatic carbocycles. The Labute approximate surface area is 130 Å². The maximum absolute atomic E-state index is 12.3. The van der Waals surface area contributed by atoms with Crippen LogP contribution in [0.4, 0.5) is 0 Å². The Morgan fingerprint density at radius 3 is 2.68 bits per heavy atom. The lowest BCUT2D eigenvalue weighted by Gasteiger charge is -2.24. The van der Waals surface area contributed by atoms with E-state index < -0.39 is 34.0 Å². The number of ether oxygens (including phenoxy) is 1. The monoisotopic (exact) mass is 336 g/mol. The van der Waals surface area contributed by atoms with E-state index in [1.54, 1.807) is 6.92 Å². The molecule has 1 aliphatic rings. The quantitative estimate of drug-likeness (QED) is 0.603.